The molecule has 2 amide bonds. The quantitative estimate of drug-likeness (QED) is 0.799. The molecule has 2 aromatic rings. The highest BCUT2D eigenvalue weighted by Crippen LogP contribution is 2.28. The number of nitrogens with two attached hydrogens (primary N) is 1. The van der Waals surface area contributed by atoms with Crippen molar-refractivity contribution in [3.63, 3.8) is 0 Å². The number of H-pyrrole nitrogens is 1. The number of nitrogens with one attached hydrogen (secondary N) is 1. The Balaban J connectivity index is 1.94. The summed E-state index contributed by atoms with van der Waals surface area (Å²) in [5, 5.41) is 1.12. The molecule has 1 aliphatic rings. The number of aromatic amines is 1. The van der Waals surface area contributed by atoms with Gasteiger partial charge in [0, 0.05) is 36.4 Å². The lowest BCUT2D eigenvalue weighted by molar-refractivity contribution is 0.213. The number of fused-ring (bicyclic) bond motifs is 1. The van der Waals surface area contributed by atoms with Gasteiger partial charge >= 0.3 is 6.03 Å². The van der Waals surface area contributed by atoms with Crippen LogP contribution in [0.5, 0.6) is 0 Å². The third kappa shape index (κ3) is 1.73. The largest absolute Gasteiger partial charge is 0.351 e. The van der Waals surface area contributed by atoms with E-state index in [1.165, 1.54) is 11.1 Å². The SMILES string of the molecule is NC(=O)N1CC=C(c2c[nH]c3ncccc23)CC1. The van der Waals surface area contributed by atoms with Gasteiger partial charge < -0.3 is 15.6 Å². The zero-order valence-electron chi connectivity index (χ0n) is 9.89. The third-order valence-corrected chi connectivity index (χ3v) is 3.32. The molecule has 0 atom stereocenters. The molecule has 0 saturated heterocycles. The van der Waals surface area contributed by atoms with Crippen molar-refractivity contribution in [2.24, 2.45) is 5.73 Å². The van der Waals surface area contributed by atoms with E-state index in [4.69, 9.17) is 5.73 Å². The molecule has 0 fully saturated rings. The molecule has 5 heteroatoms. The summed E-state index contributed by atoms with van der Waals surface area (Å²) in [5.41, 5.74) is 8.57. The molecule has 0 radical (unpaired) electrons. The predicted octanol–water partition coefficient (Wildman–Crippen LogP) is 1.73. The van der Waals surface area contributed by atoms with Crippen molar-refractivity contribution in [3.8, 4) is 0 Å². The number of pyridine rings is 1. The summed E-state index contributed by atoms with van der Waals surface area (Å²) in [6, 6.07) is 3.62. The van der Waals surface area contributed by atoms with Crippen LogP contribution in [0.25, 0.3) is 16.6 Å². The number of urea groups is 1. The average Bonchev–Trinajstić information content (AvgIpc) is 2.82. The lowest BCUT2D eigenvalue weighted by atomic mass is 10.00. The first kappa shape index (κ1) is 10.8. The minimum Gasteiger partial charge on any atom is -0.351 e. The van der Waals surface area contributed by atoms with Crippen molar-refractivity contribution >= 4 is 22.6 Å². The molecule has 1 aliphatic heterocycles. The molecule has 3 N–H and O–H groups in total. The highest BCUT2D eigenvalue weighted by atomic mass is 16.2. The minimum absolute atomic E-state index is 0.356. The van der Waals surface area contributed by atoms with Crippen LogP contribution in [0.2, 0.25) is 0 Å². The first-order chi connectivity index (χ1) is 8.75. The van der Waals surface area contributed by atoms with Crippen LogP contribution in [-0.4, -0.2) is 34.0 Å². The van der Waals surface area contributed by atoms with Crippen molar-refractivity contribution in [1.29, 1.82) is 0 Å². The summed E-state index contributed by atoms with van der Waals surface area (Å²) in [4.78, 5) is 20.1. The summed E-state index contributed by atoms with van der Waals surface area (Å²) in [6.07, 6.45) is 6.63. The molecule has 3 rings (SSSR count). The van der Waals surface area contributed by atoms with Gasteiger partial charge in [0.05, 0.1) is 0 Å². The third-order valence-electron chi connectivity index (χ3n) is 3.32. The Kier molecular flexibility index (Phi) is 2.51. The van der Waals surface area contributed by atoms with Gasteiger partial charge in [0.15, 0.2) is 0 Å². The normalized spacial score (nSPS) is 15.8. The fraction of sp³-hybridized carbons (Fsp3) is 0.231. The van der Waals surface area contributed by atoms with Gasteiger partial charge in [0.2, 0.25) is 0 Å². The van der Waals surface area contributed by atoms with Crippen LogP contribution in [0, 0.1) is 0 Å². The van der Waals surface area contributed by atoms with E-state index in [1.54, 1.807) is 11.1 Å². The summed E-state index contributed by atoms with van der Waals surface area (Å²) in [6.45, 7) is 1.26. The molecule has 0 aliphatic carbocycles. The van der Waals surface area contributed by atoms with Crippen LogP contribution in [0.15, 0.2) is 30.6 Å². The predicted molar refractivity (Wildman–Crippen MR) is 69.8 cm³/mol. The maximum Gasteiger partial charge on any atom is 0.315 e. The Labute approximate surface area is 104 Å². The van der Waals surface area contributed by atoms with E-state index in [0.717, 1.165) is 17.5 Å². The first-order valence-corrected chi connectivity index (χ1v) is 5.91. The number of hydrogen-bond acceptors (Lipinski definition) is 2. The topological polar surface area (TPSA) is 75.0 Å². The maximum atomic E-state index is 11.1. The van der Waals surface area contributed by atoms with Gasteiger partial charge in [0.25, 0.3) is 0 Å². The van der Waals surface area contributed by atoms with Crippen LogP contribution >= 0.6 is 0 Å². The monoisotopic (exact) mass is 242 g/mol. The van der Waals surface area contributed by atoms with E-state index in [-0.39, 0.29) is 6.03 Å². The molecule has 0 bridgehead atoms. The average molecular weight is 242 g/mol. The number of hydrogen-bond donors (Lipinski definition) is 2. The van der Waals surface area contributed by atoms with E-state index >= 15 is 0 Å². The van der Waals surface area contributed by atoms with Gasteiger partial charge in [-0.2, -0.15) is 0 Å². The summed E-state index contributed by atoms with van der Waals surface area (Å²) in [5.74, 6) is 0. The Morgan fingerprint density at radius 3 is 3.11 bits per heavy atom. The number of carbonyl (C=O) groups is 1. The van der Waals surface area contributed by atoms with Gasteiger partial charge in [0.1, 0.15) is 5.65 Å². The summed E-state index contributed by atoms with van der Waals surface area (Å²) in [7, 11) is 0. The van der Waals surface area contributed by atoms with Crippen molar-refractivity contribution in [1.82, 2.24) is 14.9 Å². The minimum atomic E-state index is -0.356. The molecule has 0 saturated carbocycles. The maximum absolute atomic E-state index is 11.1. The van der Waals surface area contributed by atoms with Crippen LogP contribution in [0.4, 0.5) is 4.79 Å². The van der Waals surface area contributed by atoms with E-state index in [0.29, 0.717) is 13.1 Å². The number of primary amides is 1. The molecule has 3 heterocycles. The Morgan fingerprint density at radius 2 is 2.39 bits per heavy atom. The van der Waals surface area contributed by atoms with Crippen molar-refractivity contribution in [3.05, 3.63) is 36.2 Å². The van der Waals surface area contributed by atoms with E-state index in [1.807, 2.05) is 12.3 Å². The second kappa shape index (κ2) is 4.18. The lowest BCUT2D eigenvalue weighted by Gasteiger charge is -2.24. The molecule has 0 unspecified atom stereocenters. The highest BCUT2D eigenvalue weighted by molar-refractivity contribution is 5.91. The van der Waals surface area contributed by atoms with Crippen molar-refractivity contribution in [2.45, 2.75) is 6.42 Å². The Morgan fingerprint density at radius 1 is 1.50 bits per heavy atom. The van der Waals surface area contributed by atoms with Crippen LogP contribution in [0.1, 0.15) is 12.0 Å². The molecule has 2 aromatic heterocycles. The van der Waals surface area contributed by atoms with Gasteiger partial charge in [-0.3, -0.25) is 0 Å². The number of carbonyl (C=O) groups excluding carboxylic acids is 1. The van der Waals surface area contributed by atoms with E-state index < -0.39 is 0 Å². The zero-order chi connectivity index (χ0) is 12.5. The van der Waals surface area contributed by atoms with Crippen LogP contribution in [-0.2, 0) is 0 Å². The van der Waals surface area contributed by atoms with E-state index in [2.05, 4.69) is 22.1 Å². The molecular formula is C13H14N4O. The summed E-state index contributed by atoms with van der Waals surface area (Å²) < 4.78 is 0. The van der Waals surface area contributed by atoms with Gasteiger partial charge in [-0.15, -0.1) is 0 Å². The van der Waals surface area contributed by atoms with Gasteiger partial charge in [-0.05, 0) is 24.1 Å². The molecule has 18 heavy (non-hydrogen) atoms. The molecule has 92 valence electrons. The smallest absolute Gasteiger partial charge is 0.315 e. The van der Waals surface area contributed by atoms with Gasteiger partial charge in [-0.1, -0.05) is 6.08 Å². The number of amides is 2. The second-order valence-electron chi connectivity index (χ2n) is 4.37. The molecular weight excluding hydrogens is 228 g/mol. The first-order valence-electron chi connectivity index (χ1n) is 5.91. The Bertz CT molecular complexity index is 629. The van der Waals surface area contributed by atoms with Crippen molar-refractivity contribution in [2.75, 3.05) is 13.1 Å². The number of rotatable bonds is 1. The second-order valence-corrected chi connectivity index (χ2v) is 4.37. The number of aromatic nitrogens is 2. The molecule has 0 aromatic carbocycles. The standard InChI is InChI=1S/C13H14N4O/c14-13(18)17-6-3-9(4-7-17)11-8-16-12-10(11)2-1-5-15-12/h1-3,5,8H,4,6-7H2,(H2,14,18)(H,15,16). The lowest BCUT2D eigenvalue weighted by Crippen LogP contribution is -2.38. The van der Waals surface area contributed by atoms with Gasteiger partial charge in [-0.25, -0.2) is 9.78 Å². The molecule has 0 spiro atoms. The summed E-state index contributed by atoms with van der Waals surface area (Å²) >= 11 is 0. The molecule has 5 nitrogen and oxygen atoms in total. The fourth-order valence-corrected chi connectivity index (χ4v) is 2.34. The van der Waals surface area contributed by atoms with Crippen LogP contribution < -0.4 is 5.73 Å². The zero-order valence-corrected chi connectivity index (χ0v) is 9.89. The number of nitrogens with zero attached hydrogens (tertiary/aromatic N) is 2. The van der Waals surface area contributed by atoms with Crippen molar-refractivity contribution < 1.29 is 4.79 Å². The van der Waals surface area contributed by atoms with E-state index in [9.17, 15) is 4.79 Å². The highest BCUT2D eigenvalue weighted by Gasteiger charge is 2.17. The fourth-order valence-electron chi connectivity index (χ4n) is 2.34. The Hall–Kier alpha value is -2.30. The van der Waals surface area contributed by atoms with Crippen LogP contribution in [0.3, 0.4) is 0 Å².